The number of nitrogens with zero attached hydrogens (tertiary/aromatic N) is 1. The highest BCUT2D eigenvalue weighted by Gasteiger charge is 2.09. The summed E-state index contributed by atoms with van der Waals surface area (Å²) in [5, 5.41) is 0.462. The van der Waals surface area contributed by atoms with Crippen LogP contribution >= 0.6 is 0 Å². The fourth-order valence-corrected chi connectivity index (χ4v) is 1.60. The molecule has 0 radical (unpaired) electrons. The minimum atomic E-state index is -0.408. The molecule has 0 spiro atoms. The summed E-state index contributed by atoms with van der Waals surface area (Å²) >= 11 is 0. The summed E-state index contributed by atoms with van der Waals surface area (Å²) in [5.41, 5.74) is 0.691. The van der Waals surface area contributed by atoms with Crippen LogP contribution in [-0.2, 0) is 4.74 Å². The molecule has 1 N–H and O–H groups in total. The Hall–Kier alpha value is -2.17. The highest BCUT2D eigenvalue weighted by Crippen LogP contribution is 2.11. The minimum absolute atomic E-state index is 0.206. The molecule has 0 aliphatic carbocycles. The van der Waals surface area contributed by atoms with Crippen LogP contribution in [0.1, 0.15) is 23.1 Å². The van der Waals surface area contributed by atoms with Crippen LogP contribution in [-0.4, -0.2) is 22.5 Å². The van der Waals surface area contributed by atoms with Crippen LogP contribution < -0.4 is 5.56 Å². The van der Waals surface area contributed by atoms with Gasteiger partial charge in [-0.15, -0.1) is 0 Å². The number of aromatic amines is 1. The Labute approximate surface area is 97.4 Å². The summed E-state index contributed by atoms with van der Waals surface area (Å²) in [4.78, 5) is 29.9. The Morgan fingerprint density at radius 1 is 1.47 bits per heavy atom. The van der Waals surface area contributed by atoms with Gasteiger partial charge in [0.15, 0.2) is 0 Å². The summed E-state index contributed by atoms with van der Waals surface area (Å²) in [6.07, 6.45) is 0. The van der Waals surface area contributed by atoms with E-state index < -0.39 is 5.97 Å². The second-order valence-corrected chi connectivity index (χ2v) is 3.60. The van der Waals surface area contributed by atoms with Crippen LogP contribution in [0.15, 0.2) is 23.0 Å². The van der Waals surface area contributed by atoms with E-state index in [1.54, 1.807) is 32.0 Å². The highest BCUT2D eigenvalue weighted by atomic mass is 16.5. The van der Waals surface area contributed by atoms with Gasteiger partial charge in [0.1, 0.15) is 5.82 Å². The quantitative estimate of drug-likeness (QED) is 0.794. The number of ether oxygens (including phenoxy) is 1. The lowest BCUT2D eigenvalue weighted by molar-refractivity contribution is 0.0526. The number of hydrogen-bond acceptors (Lipinski definition) is 4. The van der Waals surface area contributed by atoms with Crippen molar-refractivity contribution in [3.63, 3.8) is 0 Å². The van der Waals surface area contributed by atoms with Crippen molar-refractivity contribution in [3.05, 3.63) is 39.9 Å². The van der Waals surface area contributed by atoms with Gasteiger partial charge in [-0.1, -0.05) is 0 Å². The first kappa shape index (κ1) is 11.3. The number of aryl methyl sites for hydroxylation is 1. The van der Waals surface area contributed by atoms with E-state index in [9.17, 15) is 9.59 Å². The topological polar surface area (TPSA) is 72.1 Å². The number of carbonyl (C=O) groups excluding carboxylic acids is 1. The van der Waals surface area contributed by atoms with Crippen LogP contribution in [0.25, 0.3) is 10.9 Å². The predicted octanol–water partition coefficient (Wildman–Crippen LogP) is 1.41. The zero-order chi connectivity index (χ0) is 12.4. The molecule has 1 aromatic carbocycles. The van der Waals surface area contributed by atoms with Crippen molar-refractivity contribution in [2.24, 2.45) is 0 Å². The molecule has 17 heavy (non-hydrogen) atoms. The Balaban J connectivity index is 2.58. The van der Waals surface area contributed by atoms with Gasteiger partial charge in [-0.3, -0.25) is 4.79 Å². The zero-order valence-electron chi connectivity index (χ0n) is 9.61. The van der Waals surface area contributed by atoms with Gasteiger partial charge in [0.2, 0.25) is 0 Å². The summed E-state index contributed by atoms with van der Waals surface area (Å²) in [5.74, 6) is 0.109. The van der Waals surface area contributed by atoms with Crippen LogP contribution in [0.5, 0.6) is 0 Å². The third-order valence-corrected chi connectivity index (χ3v) is 2.34. The first-order chi connectivity index (χ1) is 8.11. The van der Waals surface area contributed by atoms with Gasteiger partial charge in [-0.2, -0.15) is 0 Å². The molecule has 1 heterocycles. The van der Waals surface area contributed by atoms with Gasteiger partial charge in [0.25, 0.3) is 5.56 Å². The molecular weight excluding hydrogens is 220 g/mol. The van der Waals surface area contributed by atoms with E-state index in [1.165, 1.54) is 0 Å². The lowest BCUT2D eigenvalue weighted by Crippen LogP contribution is -2.11. The van der Waals surface area contributed by atoms with Crippen molar-refractivity contribution >= 4 is 16.9 Å². The second-order valence-electron chi connectivity index (χ2n) is 3.60. The molecule has 2 aromatic rings. The van der Waals surface area contributed by atoms with Crippen LogP contribution in [0, 0.1) is 6.92 Å². The number of esters is 1. The van der Waals surface area contributed by atoms with Gasteiger partial charge in [-0.05, 0) is 32.0 Å². The van der Waals surface area contributed by atoms with E-state index in [0.29, 0.717) is 28.9 Å². The molecule has 0 unspecified atom stereocenters. The average Bonchev–Trinajstić information content (AvgIpc) is 2.28. The smallest absolute Gasteiger partial charge is 0.338 e. The number of benzene rings is 1. The van der Waals surface area contributed by atoms with E-state index in [1.807, 2.05) is 0 Å². The summed E-state index contributed by atoms with van der Waals surface area (Å²) in [6, 6.07) is 4.70. The Bertz CT molecular complexity index is 631. The highest BCUT2D eigenvalue weighted by molar-refractivity contribution is 5.94. The third kappa shape index (κ3) is 2.18. The fourth-order valence-electron chi connectivity index (χ4n) is 1.60. The molecule has 0 saturated carbocycles. The van der Waals surface area contributed by atoms with E-state index in [2.05, 4.69) is 9.97 Å². The zero-order valence-corrected chi connectivity index (χ0v) is 9.61. The molecule has 0 aliphatic rings. The molecule has 5 heteroatoms. The van der Waals surface area contributed by atoms with Crippen molar-refractivity contribution in [1.82, 2.24) is 9.97 Å². The number of rotatable bonds is 2. The molecule has 0 saturated heterocycles. The molecule has 0 fully saturated rings. The first-order valence-corrected chi connectivity index (χ1v) is 5.29. The largest absolute Gasteiger partial charge is 0.462 e. The number of fused-ring (bicyclic) bond motifs is 1. The molecule has 2 rings (SSSR count). The van der Waals surface area contributed by atoms with E-state index in [0.717, 1.165) is 0 Å². The van der Waals surface area contributed by atoms with Crippen LogP contribution in [0.2, 0.25) is 0 Å². The summed E-state index contributed by atoms with van der Waals surface area (Å²) in [7, 11) is 0. The van der Waals surface area contributed by atoms with Gasteiger partial charge in [0.05, 0.1) is 23.1 Å². The summed E-state index contributed by atoms with van der Waals surface area (Å²) in [6.45, 7) is 3.75. The molecule has 0 atom stereocenters. The molecule has 5 nitrogen and oxygen atoms in total. The molecular formula is C12H12N2O3. The maximum atomic E-state index is 11.6. The van der Waals surface area contributed by atoms with Crippen molar-refractivity contribution < 1.29 is 9.53 Å². The standard InChI is InChI=1S/C12H12N2O3/c1-3-17-12(16)8-4-5-9-10(6-8)13-7(2)14-11(9)15/h4-6H,3H2,1-2H3,(H,13,14,15). The van der Waals surface area contributed by atoms with Gasteiger partial charge < -0.3 is 9.72 Å². The second kappa shape index (κ2) is 4.37. The molecule has 0 bridgehead atoms. The number of hydrogen-bond donors (Lipinski definition) is 1. The molecule has 88 valence electrons. The molecule has 0 amide bonds. The van der Waals surface area contributed by atoms with Crippen molar-refractivity contribution in [2.75, 3.05) is 6.61 Å². The predicted molar refractivity (Wildman–Crippen MR) is 63.1 cm³/mol. The molecule has 0 aliphatic heterocycles. The first-order valence-electron chi connectivity index (χ1n) is 5.29. The van der Waals surface area contributed by atoms with Gasteiger partial charge in [0, 0.05) is 0 Å². The Kier molecular flexibility index (Phi) is 2.91. The van der Waals surface area contributed by atoms with E-state index >= 15 is 0 Å². The maximum absolute atomic E-state index is 11.6. The summed E-state index contributed by atoms with van der Waals surface area (Å²) < 4.78 is 4.88. The number of carbonyl (C=O) groups is 1. The Morgan fingerprint density at radius 2 is 2.24 bits per heavy atom. The van der Waals surface area contributed by atoms with Crippen molar-refractivity contribution in [1.29, 1.82) is 0 Å². The van der Waals surface area contributed by atoms with E-state index in [4.69, 9.17) is 4.74 Å². The van der Waals surface area contributed by atoms with E-state index in [-0.39, 0.29) is 5.56 Å². The van der Waals surface area contributed by atoms with Crippen LogP contribution in [0.4, 0.5) is 0 Å². The van der Waals surface area contributed by atoms with Crippen molar-refractivity contribution in [2.45, 2.75) is 13.8 Å². The average molecular weight is 232 g/mol. The van der Waals surface area contributed by atoms with Crippen LogP contribution in [0.3, 0.4) is 0 Å². The number of nitrogens with one attached hydrogen (secondary N) is 1. The minimum Gasteiger partial charge on any atom is -0.462 e. The normalized spacial score (nSPS) is 10.5. The van der Waals surface area contributed by atoms with Crippen molar-refractivity contribution in [3.8, 4) is 0 Å². The lowest BCUT2D eigenvalue weighted by atomic mass is 10.1. The third-order valence-electron chi connectivity index (χ3n) is 2.34. The van der Waals surface area contributed by atoms with Gasteiger partial charge >= 0.3 is 5.97 Å². The Morgan fingerprint density at radius 3 is 2.94 bits per heavy atom. The van der Waals surface area contributed by atoms with Gasteiger partial charge in [-0.25, -0.2) is 9.78 Å². The fraction of sp³-hybridized carbons (Fsp3) is 0.250. The number of H-pyrrole nitrogens is 1. The lowest BCUT2D eigenvalue weighted by Gasteiger charge is -2.03. The number of aromatic nitrogens is 2. The molecule has 1 aromatic heterocycles. The SMILES string of the molecule is CCOC(=O)c1ccc2c(=O)[nH]c(C)nc2c1. The monoisotopic (exact) mass is 232 g/mol. The maximum Gasteiger partial charge on any atom is 0.338 e.